The molecule has 0 unspecified atom stereocenters. The molecule has 0 fully saturated rings. The minimum Gasteiger partial charge on any atom is -0.228 e. The zero-order valence-corrected chi connectivity index (χ0v) is 14.7. The van der Waals surface area contributed by atoms with Crippen molar-refractivity contribution in [3.05, 3.63) is 29.8 Å². The second-order valence-corrected chi connectivity index (χ2v) is 10.1. The number of sulfone groups is 2. The van der Waals surface area contributed by atoms with E-state index in [4.69, 9.17) is 0 Å². The van der Waals surface area contributed by atoms with E-state index in [1.54, 1.807) is 12.1 Å². The molecule has 22 heavy (non-hydrogen) atoms. The van der Waals surface area contributed by atoms with Gasteiger partial charge in [0.1, 0.15) is 4.31 Å². The molecule has 1 aromatic carbocycles. The summed E-state index contributed by atoms with van der Waals surface area (Å²) in [4.78, 5) is 0.0403. The van der Waals surface area contributed by atoms with Crippen molar-refractivity contribution in [2.75, 3.05) is 11.3 Å². The summed E-state index contributed by atoms with van der Waals surface area (Å²) in [5.74, 6) is 0. The van der Waals surface area contributed by atoms with E-state index in [9.17, 15) is 33.7 Å². The van der Waals surface area contributed by atoms with Gasteiger partial charge in [0.2, 0.25) is 0 Å². The van der Waals surface area contributed by atoms with Gasteiger partial charge in [-0.3, -0.25) is 0 Å². The maximum absolute atomic E-state index is 11.6. The SMILES string of the molecule is Cc1ccc(S(=O)(=O)CS(C)(=O)=O)cc1.O=S(=O)=C=S(=O)=O. The molecule has 0 aliphatic rings. The van der Waals surface area contributed by atoms with Crippen LogP contribution in [0.25, 0.3) is 0 Å². The third-order valence-corrected chi connectivity index (χ3v) is 6.92. The summed E-state index contributed by atoms with van der Waals surface area (Å²) in [5.41, 5.74) is 0.924. The third-order valence-electron chi connectivity index (χ3n) is 1.89. The molecule has 12 heteroatoms. The smallest absolute Gasteiger partial charge is 0.228 e. The fourth-order valence-electron chi connectivity index (χ4n) is 1.15. The molecule has 0 bridgehead atoms. The van der Waals surface area contributed by atoms with Crippen LogP contribution in [0.4, 0.5) is 0 Å². The van der Waals surface area contributed by atoms with Crippen LogP contribution in [0.2, 0.25) is 0 Å². The first-order chi connectivity index (χ1) is 9.83. The molecule has 124 valence electrons. The van der Waals surface area contributed by atoms with Crippen molar-refractivity contribution in [3.63, 3.8) is 0 Å². The Morgan fingerprint density at radius 2 is 1.32 bits per heavy atom. The molecule has 0 saturated heterocycles. The molecule has 0 aromatic heterocycles. The van der Waals surface area contributed by atoms with Crippen molar-refractivity contribution in [1.29, 1.82) is 0 Å². The van der Waals surface area contributed by atoms with Gasteiger partial charge in [-0.25, -0.2) is 16.8 Å². The standard InChI is InChI=1S/C9H12O4S2.CO4S2/c1-8-3-5-9(6-4-8)15(12,13)7-14(2,10)11;2-6(3)1-7(4)5/h3-6H,7H2,1-2H3;. The highest BCUT2D eigenvalue weighted by molar-refractivity contribution is 8.07. The lowest BCUT2D eigenvalue weighted by Gasteiger charge is -2.02. The monoisotopic (exact) mass is 388 g/mol. The Kier molecular flexibility index (Phi) is 7.70. The Hall–Kier alpha value is -1.46. The summed E-state index contributed by atoms with van der Waals surface area (Å²) in [6.07, 6.45) is 0.902. The number of aryl methyl sites for hydroxylation is 1. The molecule has 0 saturated carbocycles. The molecule has 0 radical (unpaired) electrons. The van der Waals surface area contributed by atoms with Crippen LogP contribution in [0, 0.1) is 6.92 Å². The summed E-state index contributed by atoms with van der Waals surface area (Å²) in [7, 11) is -12.7. The van der Waals surface area contributed by atoms with Gasteiger partial charge in [0.05, 0.1) is 4.90 Å². The average molecular weight is 388 g/mol. The van der Waals surface area contributed by atoms with E-state index < -0.39 is 45.3 Å². The largest absolute Gasteiger partial charge is 0.276 e. The minimum atomic E-state index is -3.72. The highest BCUT2D eigenvalue weighted by Crippen LogP contribution is 2.13. The van der Waals surface area contributed by atoms with Gasteiger partial charge in [-0.2, -0.15) is 16.8 Å². The summed E-state index contributed by atoms with van der Waals surface area (Å²) in [6.45, 7) is 1.83. The number of rotatable bonds is 3. The molecule has 1 rings (SSSR count). The second-order valence-electron chi connectivity index (χ2n) is 4.02. The maximum atomic E-state index is 11.6. The van der Waals surface area contributed by atoms with E-state index >= 15 is 0 Å². The van der Waals surface area contributed by atoms with Crippen molar-refractivity contribution in [2.24, 2.45) is 0 Å². The predicted molar refractivity (Wildman–Crippen MR) is 80.9 cm³/mol. The second kappa shape index (κ2) is 8.25. The Bertz CT molecular complexity index is 959. The van der Waals surface area contributed by atoms with Crippen LogP contribution in [0.5, 0.6) is 0 Å². The van der Waals surface area contributed by atoms with E-state index in [1.165, 1.54) is 12.1 Å². The van der Waals surface area contributed by atoms with E-state index in [1.807, 2.05) is 6.92 Å². The zero-order chi connectivity index (χ0) is 17.6. The van der Waals surface area contributed by atoms with Crippen LogP contribution in [0.15, 0.2) is 29.2 Å². The first-order valence-electron chi connectivity index (χ1n) is 5.25. The van der Waals surface area contributed by atoms with Gasteiger partial charge >= 0.3 is 0 Å². The van der Waals surface area contributed by atoms with E-state index in [0.29, 0.717) is 0 Å². The van der Waals surface area contributed by atoms with Gasteiger partial charge in [0.25, 0.3) is 20.6 Å². The van der Waals surface area contributed by atoms with Crippen molar-refractivity contribution >= 4 is 44.6 Å². The number of benzene rings is 1. The Labute approximate surface area is 131 Å². The molecule has 0 heterocycles. The van der Waals surface area contributed by atoms with Gasteiger partial charge in [0, 0.05) is 6.26 Å². The van der Waals surface area contributed by atoms with Crippen LogP contribution >= 0.6 is 0 Å². The van der Waals surface area contributed by atoms with Crippen molar-refractivity contribution < 1.29 is 33.7 Å². The van der Waals surface area contributed by atoms with Crippen LogP contribution in [0.3, 0.4) is 0 Å². The highest BCUT2D eigenvalue weighted by Gasteiger charge is 2.20. The van der Waals surface area contributed by atoms with E-state index in [0.717, 1.165) is 16.1 Å². The van der Waals surface area contributed by atoms with Crippen molar-refractivity contribution in [2.45, 2.75) is 11.8 Å². The van der Waals surface area contributed by atoms with Crippen molar-refractivity contribution in [3.8, 4) is 0 Å². The first-order valence-corrected chi connectivity index (χ1v) is 11.1. The fourth-order valence-corrected chi connectivity index (χ4v) is 4.95. The molecule has 0 aliphatic heterocycles. The van der Waals surface area contributed by atoms with Gasteiger partial charge in [0.15, 0.2) is 24.8 Å². The highest BCUT2D eigenvalue weighted by atomic mass is 32.3. The van der Waals surface area contributed by atoms with Crippen LogP contribution < -0.4 is 0 Å². The molecule has 0 N–H and O–H groups in total. The summed E-state index contributed by atoms with van der Waals surface area (Å²) < 4.78 is 83.3. The van der Waals surface area contributed by atoms with Gasteiger partial charge in [-0.15, -0.1) is 0 Å². The van der Waals surface area contributed by atoms with Crippen LogP contribution in [-0.2, 0) is 40.3 Å². The Morgan fingerprint density at radius 1 is 0.909 bits per heavy atom. The average Bonchev–Trinajstić information content (AvgIpc) is 2.24. The molecule has 0 spiro atoms. The zero-order valence-electron chi connectivity index (χ0n) is 11.4. The molecule has 0 amide bonds. The molecule has 8 nitrogen and oxygen atoms in total. The number of hydrogen-bond acceptors (Lipinski definition) is 8. The van der Waals surface area contributed by atoms with Crippen molar-refractivity contribution in [1.82, 2.24) is 0 Å². The molecule has 0 atom stereocenters. The molecular formula is C10H12O8S4. The third kappa shape index (κ3) is 9.47. The van der Waals surface area contributed by atoms with Crippen LogP contribution in [-0.4, -0.2) is 49.3 Å². The maximum Gasteiger partial charge on any atom is 0.276 e. The van der Waals surface area contributed by atoms with Gasteiger partial charge in [-0.1, -0.05) is 17.7 Å². The van der Waals surface area contributed by atoms with Crippen LogP contribution in [0.1, 0.15) is 5.56 Å². The molecule has 1 aromatic rings. The lowest BCUT2D eigenvalue weighted by atomic mass is 10.2. The fraction of sp³-hybridized carbons (Fsp3) is 0.300. The number of hydrogen-bond donors (Lipinski definition) is 0. The minimum absolute atomic E-state index is 0.0403. The van der Waals surface area contributed by atoms with Gasteiger partial charge < -0.3 is 0 Å². The summed E-state index contributed by atoms with van der Waals surface area (Å²) in [5, 5.41) is -0.844. The predicted octanol–water partition coefficient (Wildman–Crippen LogP) is -0.848. The Balaban J connectivity index is 0.000000534. The molecular weight excluding hydrogens is 376 g/mol. The first kappa shape index (κ1) is 20.5. The quantitative estimate of drug-likeness (QED) is 0.611. The lowest BCUT2D eigenvalue weighted by molar-refractivity contribution is 0.591. The molecule has 0 aliphatic carbocycles. The van der Waals surface area contributed by atoms with Gasteiger partial charge in [-0.05, 0) is 19.1 Å². The topological polar surface area (TPSA) is 137 Å². The summed E-state index contributed by atoms with van der Waals surface area (Å²) >= 11 is 0. The van der Waals surface area contributed by atoms with E-state index in [2.05, 4.69) is 0 Å². The summed E-state index contributed by atoms with van der Waals surface area (Å²) in [6, 6.07) is 6.09. The Morgan fingerprint density at radius 3 is 1.59 bits per heavy atom. The van der Waals surface area contributed by atoms with E-state index in [-0.39, 0.29) is 4.90 Å². The normalized spacial score (nSPS) is 10.8. The lowest BCUT2D eigenvalue weighted by Crippen LogP contribution is -2.15.